The van der Waals surface area contributed by atoms with Gasteiger partial charge >= 0.3 is 11.3 Å². The molecule has 0 unspecified atom stereocenters. The van der Waals surface area contributed by atoms with Crippen molar-refractivity contribution in [3.05, 3.63) is 86.2 Å². The molecular formula is C31H32BrFN5O4+. The monoisotopic (exact) mass is 636 g/mol. The third-order valence-electron chi connectivity index (χ3n) is 7.78. The predicted octanol–water partition coefficient (Wildman–Crippen LogP) is 5.09. The molecule has 42 heavy (non-hydrogen) atoms. The molecule has 4 aromatic rings. The lowest BCUT2D eigenvalue weighted by molar-refractivity contribution is -0.551. The number of benzene rings is 2. The lowest BCUT2D eigenvalue weighted by atomic mass is 10.1. The molecule has 2 aromatic heterocycles. The third kappa shape index (κ3) is 5.46. The van der Waals surface area contributed by atoms with Gasteiger partial charge in [-0.05, 0) is 69.1 Å². The third-order valence-corrected chi connectivity index (χ3v) is 8.27. The van der Waals surface area contributed by atoms with Crippen LogP contribution in [0.3, 0.4) is 0 Å². The van der Waals surface area contributed by atoms with Crippen molar-refractivity contribution < 1.29 is 18.8 Å². The minimum Gasteiger partial charge on any atom is -0.492 e. The van der Waals surface area contributed by atoms with E-state index in [0.717, 1.165) is 19.6 Å². The highest BCUT2D eigenvalue weighted by atomic mass is 79.9. The summed E-state index contributed by atoms with van der Waals surface area (Å²) in [5.41, 5.74) is -0.252. The highest BCUT2D eigenvalue weighted by molar-refractivity contribution is 9.10. The van der Waals surface area contributed by atoms with Crippen LogP contribution in [0.4, 0.5) is 15.8 Å². The van der Waals surface area contributed by atoms with Gasteiger partial charge in [-0.15, -0.1) is 4.57 Å². The van der Waals surface area contributed by atoms with Crippen LogP contribution < -0.4 is 25.9 Å². The SMILES string of the molecule is C=C[n+]1c(O)cc(Nc2ccc(Br)cc2F)c2c(=O)n(C3CC3)c(=O)n(-c3cccc(OCCN4CCCCC4)c3)c21. The van der Waals surface area contributed by atoms with E-state index in [-0.39, 0.29) is 34.3 Å². The molecule has 0 radical (unpaired) electrons. The van der Waals surface area contributed by atoms with Crippen LogP contribution in [-0.4, -0.2) is 45.4 Å². The van der Waals surface area contributed by atoms with E-state index in [1.807, 2.05) is 6.07 Å². The highest BCUT2D eigenvalue weighted by Crippen LogP contribution is 2.34. The number of nitrogens with one attached hydrogen (secondary N) is 1. The molecule has 0 atom stereocenters. The topological polar surface area (TPSA) is 92.6 Å². The first-order valence-corrected chi connectivity index (χ1v) is 14.9. The van der Waals surface area contributed by atoms with Gasteiger partial charge in [0.05, 0.1) is 17.6 Å². The minimum absolute atomic E-state index is 0.0994. The number of piperidine rings is 1. The standard InChI is InChI=1S/C31H31BrFN5O4/c1-2-36-27(39)19-26(34-25-12-9-20(32)17-24(25)33)28-29(36)37(31(41)38(30(28)40)21-10-11-21)22-7-6-8-23(18-22)42-16-15-35-13-4-3-5-14-35/h2,6-9,12,17-19,21H,1,3-5,10-11,13-16H2,(H,34,39)/p+1. The van der Waals surface area contributed by atoms with E-state index < -0.39 is 17.1 Å². The van der Waals surface area contributed by atoms with E-state index in [0.29, 0.717) is 35.4 Å². The molecule has 3 heterocycles. The Balaban J connectivity index is 1.50. The second-order valence-corrected chi connectivity index (χ2v) is 11.6. The first-order chi connectivity index (χ1) is 20.4. The fourth-order valence-electron chi connectivity index (χ4n) is 5.55. The van der Waals surface area contributed by atoms with Gasteiger partial charge in [-0.2, -0.15) is 4.57 Å². The fraction of sp³-hybridized carbons (Fsp3) is 0.323. The largest absolute Gasteiger partial charge is 0.492 e. The maximum absolute atomic E-state index is 14.8. The van der Waals surface area contributed by atoms with Crippen LogP contribution in [0.25, 0.3) is 22.9 Å². The van der Waals surface area contributed by atoms with E-state index >= 15 is 0 Å². The normalized spacial score (nSPS) is 15.6. The summed E-state index contributed by atoms with van der Waals surface area (Å²) in [5, 5.41) is 14.1. The van der Waals surface area contributed by atoms with Crippen LogP contribution in [0.15, 0.2) is 69.2 Å². The molecule has 9 nitrogen and oxygen atoms in total. The Kier molecular flexibility index (Phi) is 7.87. The highest BCUT2D eigenvalue weighted by Gasteiger charge is 2.35. The molecule has 2 fully saturated rings. The van der Waals surface area contributed by atoms with Gasteiger partial charge < -0.3 is 15.2 Å². The predicted molar refractivity (Wildman–Crippen MR) is 163 cm³/mol. The summed E-state index contributed by atoms with van der Waals surface area (Å²) in [6, 6.07) is 12.7. The van der Waals surface area contributed by atoms with Crippen molar-refractivity contribution in [1.82, 2.24) is 14.0 Å². The Labute approximate surface area is 250 Å². The first-order valence-electron chi connectivity index (χ1n) is 14.1. The number of rotatable bonds is 9. The molecule has 1 aliphatic heterocycles. The molecule has 2 aliphatic rings. The summed E-state index contributed by atoms with van der Waals surface area (Å²) < 4.78 is 25.4. The number of hydrogen-bond donors (Lipinski definition) is 2. The van der Waals surface area contributed by atoms with Crippen LogP contribution in [0.2, 0.25) is 0 Å². The molecule has 218 valence electrons. The lowest BCUT2D eigenvalue weighted by Gasteiger charge is -2.26. The van der Waals surface area contributed by atoms with Crippen LogP contribution in [0.5, 0.6) is 11.6 Å². The van der Waals surface area contributed by atoms with Crippen molar-refractivity contribution in [2.45, 2.75) is 38.1 Å². The Morgan fingerprint density at radius 2 is 1.88 bits per heavy atom. The molecule has 1 aliphatic carbocycles. The van der Waals surface area contributed by atoms with Gasteiger partial charge in [-0.3, -0.25) is 9.69 Å². The number of anilines is 2. The lowest BCUT2D eigenvalue weighted by Crippen LogP contribution is -2.44. The number of hydrogen-bond acceptors (Lipinski definition) is 6. The fourth-order valence-corrected chi connectivity index (χ4v) is 5.88. The summed E-state index contributed by atoms with van der Waals surface area (Å²) in [5.74, 6) is -0.264. The molecule has 11 heteroatoms. The van der Waals surface area contributed by atoms with Gasteiger partial charge in [-0.25, -0.2) is 13.8 Å². The van der Waals surface area contributed by atoms with Gasteiger partial charge in [0.2, 0.25) is 0 Å². The number of halogens is 2. The number of nitrogens with zero attached hydrogens (tertiary/aromatic N) is 4. The number of likely N-dealkylation sites (tertiary alicyclic amines) is 1. The first kappa shape index (κ1) is 28.2. The molecule has 2 aromatic carbocycles. The van der Waals surface area contributed by atoms with Crippen molar-refractivity contribution in [3.63, 3.8) is 0 Å². The van der Waals surface area contributed by atoms with Crippen molar-refractivity contribution >= 4 is 44.5 Å². The second kappa shape index (κ2) is 11.7. The second-order valence-electron chi connectivity index (χ2n) is 10.7. The Morgan fingerprint density at radius 3 is 2.60 bits per heavy atom. The van der Waals surface area contributed by atoms with Crippen LogP contribution in [0.1, 0.15) is 38.1 Å². The van der Waals surface area contributed by atoms with Gasteiger partial charge in [0.15, 0.2) is 5.39 Å². The number of fused-ring (bicyclic) bond motifs is 1. The smallest absolute Gasteiger partial charge is 0.423 e. The number of aromatic hydroxyl groups is 1. The average molecular weight is 638 g/mol. The maximum Gasteiger partial charge on any atom is 0.423 e. The molecule has 1 saturated heterocycles. The number of aromatic nitrogens is 3. The van der Waals surface area contributed by atoms with Crippen molar-refractivity contribution in [2.24, 2.45) is 0 Å². The van der Waals surface area contributed by atoms with E-state index in [1.165, 1.54) is 57.4 Å². The number of pyridine rings is 1. The molecule has 1 saturated carbocycles. The zero-order chi connectivity index (χ0) is 29.4. The van der Waals surface area contributed by atoms with Crippen molar-refractivity contribution in [1.29, 1.82) is 0 Å². The zero-order valence-electron chi connectivity index (χ0n) is 23.1. The molecule has 0 bridgehead atoms. The maximum atomic E-state index is 14.8. The molecule has 0 spiro atoms. The van der Waals surface area contributed by atoms with E-state index in [4.69, 9.17) is 4.74 Å². The summed E-state index contributed by atoms with van der Waals surface area (Å²) in [6.07, 6.45) is 6.39. The minimum atomic E-state index is -0.553. The summed E-state index contributed by atoms with van der Waals surface area (Å²) in [6.45, 7) is 7.26. The molecule has 0 amide bonds. The number of ether oxygens (including phenoxy) is 1. The van der Waals surface area contributed by atoms with Crippen molar-refractivity contribution in [2.75, 3.05) is 31.6 Å². The van der Waals surface area contributed by atoms with Crippen LogP contribution >= 0.6 is 15.9 Å². The molecular weight excluding hydrogens is 605 g/mol. The van der Waals surface area contributed by atoms with Gasteiger partial charge in [0.25, 0.3) is 11.4 Å². The molecule has 6 rings (SSSR count). The Bertz CT molecular complexity index is 1790. The zero-order valence-corrected chi connectivity index (χ0v) is 24.6. The van der Waals surface area contributed by atoms with E-state index in [1.54, 1.807) is 24.3 Å². The van der Waals surface area contributed by atoms with E-state index in [9.17, 15) is 19.1 Å². The molecule has 2 N–H and O–H groups in total. The summed E-state index contributed by atoms with van der Waals surface area (Å²) in [4.78, 5) is 30.4. The van der Waals surface area contributed by atoms with Gasteiger partial charge in [-0.1, -0.05) is 35.0 Å². The average Bonchev–Trinajstić information content (AvgIpc) is 3.81. The van der Waals surface area contributed by atoms with Crippen molar-refractivity contribution in [3.8, 4) is 17.3 Å². The van der Waals surface area contributed by atoms with E-state index in [2.05, 4.69) is 32.7 Å². The van der Waals surface area contributed by atoms with Crippen LogP contribution in [-0.2, 0) is 0 Å². The Hall–Kier alpha value is -3.96. The Morgan fingerprint density at radius 1 is 1.10 bits per heavy atom. The van der Waals surface area contributed by atoms with Gasteiger partial charge in [0, 0.05) is 29.2 Å². The quantitative estimate of drug-likeness (QED) is 0.249. The summed E-state index contributed by atoms with van der Waals surface area (Å²) >= 11 is 3.25. The van der Waals surface area contributed by atoms with Crippen LogP contribution in [0, 0.1) is 5.82 Å². The van der Waals surface area contributed by atoms with Gasteiger partial charge in [0.1, 0.15) is 23.9 Å². The summed E-state index contributed by atoms with van der Waals surface area (Å²) in [7, 11) is 0.